The van der Waals surface area contributed by atoms with Gasteiger partial charge in [0.15, 0.2) is 0 Å². The highest BCUT2D eigenvalue weighted by Gasteiger charge is 2.08. The molecule has 0 bridgehead atoms. The van der Waals surface area contributed by atoms with Crippen LogP contribution in [0.5, 0.6) is 0 Å². The van der Waals surface area contributed by atoms with Gasteiger partial charge >= 0.3 is 0 Å². The number of hydrogen-bond acceptors (Lipinski definition) is 1. The lowest BCUT2D eigenvalue weighted by molar-refractivity contribution is 0.341. The summed E-state index contributed by atoms with van der Waals surface area (Å²) in [5, 5.41) is 0. The van der Waals surface area contributed by atoms with Crippen LogP contribution in [0, 0.1) is 0 Å². The predicted molar refractivity (Wildman–Crippen MR) is 84.5 cm³/mol. The standard InChI is InChI=1S/C19H16O/c1-20-12-11-15-7-5-6-10-19(15)18-13-16-8-3-2-4-9-17(16)14-18/h2-14H,1H3/b12-11+. The molecule has 0 aromatic heterocycles. The largest absolute Gasteiger partial charge is 0.504 e. The van der Waals surface area contributed by atoms with Gasteiger partial charge in [-0.1, -0.05) is 54.6 Å². The van der Waals surface area contributed by atoms with Crippen molar-refractivity contribution in [2.45, 2.75) is 0 Å². The van der Waals surface area contributed by atoms with E-state index in [1.165, 1.54) is 22.3 Å². The Morgan fingerprint density at radius 2 is 1.40 bits per heavy atom. The molecule has 98 valence electrons. The first-order chi connectivity index (χ1) is 9.88. The Hall–Kier alpha value is -2.54. The first-order valence-corrected chi connectivity index (χ1v) is 6.66. The maximum Gasteiger partial charge on any atom is 0.0830 e. The van der Waals surface area contributed by atoms with Crippen LogP contribution in [0.2, 0.25) is 0 Å². The number of rotatable bonds is 3. The molecule has 0 spiro atoms. The van der Waals surface area contributed by atoms with Crippen molar-refractivity contribution < 1.29 is 4.74 Å². The van der Waals surface area contributed by atoms with Crippen LogP contribution in [0.3, 0.4) is 0 Å². The Balaban J connectivity index is 2.12. The van der Waals surface area contributed by atoms with E-state index in [9.17, 15) is 0 Å². The summed E-state index contributed by atoms with van der Waals surface area (Å²) < 4.78 is 5.03. The molecule has 1 nitrogen and oxygen atoms in total. The minimum Gasteiger partial charge on any atom is -0.504 e. The van der Waals surface area contributed by atoms with E-state index in [0.717, 1.165) is 5.56 Å². The van der Waals surface area contributed by atoms with Crippen LogP contribution in [-0.2, 0) is 4.74 Å². The minimum absolute atomic E-state index is 1.16. The summed E-state index contributed by atoms with van der Waals surface area (Å²) in [6.45, 7) is 0. The van der Waals surface area contributed by atoms with E-state index in [4.69, 9.17) is 4.74 Å². The quantitative estimate of drug-likeness (QED) is 0.597. The van der Waals surface area contributed by atoms with Crippen molar-refractivity contribution in [1.82, 2.24) is 0 Å². The highest BCUT2D eigenvalue weighted by molar-refractivity contribution is 5.83. The van der Waals surface area contributed by atoms with Gasteiger partial charge in [0.2, 0.25) is 0 Å². The second kappa shape index (κ2) is 5.62. The molecule has 0 radical (unpaired) electrons. The van der Waals surface area contributed by atoms with Gasteiger partial charge in [0.05, 0.1) is 13.4 Å². The fraction of sp³-hybridized carbons (Fsp3) is 0.0526. The van der Waals surface area contributed by atoms with E-state index in [1.807, 2.05) is 12.1 Å². The van der Waals surface area contributed by atoms with E-state index in [-0.39, 0.29) is 0 Å². The summed E-state index contributed by atoms with van der Waals surface area (Å²) in [6.07, 6.45) is 3.70. The molecule has 0 heterocycles. The first-order valence-electron chi connectivity index (χ1n) is 6.66. The van der Waals surface area contributed by atoms with E-state index in [2.05, 4.69) is 60.7 Å². The molecule has 0 fully saturated rings. The number of benzene rings is 1. The summed E-state index contributed by atoms with van der Waals surface area (Å²) in [6, 6.07) is 23.3. The zero-order valence-electron chi connectivity index (χ0n) is 11.4. The zero-order valence-corrected chi connectivity index (χ0v) is 11.4. The molecule has 1 aromatic rings. The number of methoxy groups -OCH3 is 1. The molecule has 0 aliphatic heterocycles. The van der Waals surface area contributed by atoms with Crippen molar-refractivity contribution in [1.29, 1.82) is 0 Å². The SMILES string of the molecule is CO/C=C/c1ccccc1-c1cc2cccccc-2c1. The van der Waals surface area contributed by atoms with Crippen molar-refractivity contribution in [2.75, 3.05) is 7.11 Å². The molecule has 0 amide bonds. The second-order valence-corrected chi connectivity index (χ2v) is 4.69. The number of fused-ring (bicyclic) bond motifs is 1. The predicted octanol–water partition coefficient (Wildman–Crippen LogP) is 5.08. The summed E-state index contributed by atoms with van der Waals surface area (Å²) in [4.78, 5) is 0. The molecule has 2 aliphatic rings. The normalized spacial score (nSPS) is 11.1. The fourth-order valence-electron chi connectivity index (χ4n) is 2.42. The molecule has 0 saturated carbocycles. The van der Waals surface area contributed by atoms with Crippen molar-refractivity contribution in [2.24, 2.45) is 0 Å². The van der Waals surface area contributed by atoms with Gasteiger partial charge in [0, 0.05) is 0 Å². The van der Waals surface area contributed by atoms with Gasteiger partial charge in [-0.05, 0) is 46.0 Å². The molecule has 0 N–H and O–H groups in total. The maximum atomic E-state index is 5.03. The zero-order chi connectivity index (χ0) is 13.8. The number of ether oxygens (including phenoxy) is 1. The van der Waals surface area contributed by atoms with Crippen LogP contribution in [0.25, 0.3) is 28.3 Å². The average molecular weight is 260 g/mol. The van der Waals surface area contributed by atoms with Gasteiger partial charge in [-0.25, -0.2) is 0 Å². The summed E-state index contributed by atoms with van der Waals surface area (Å²) >= 11 is 0. The fourth-order valence-corrected chi connectivity index (χ4v) is 2.42. The first kappa shape index (κ1) is 12.5. The third kappa shape index (κ3) is 2.43. The van der Waals surface area contributed by atoms with Gasteiger partial charge in [0.25, 0.3) is 0 Å². The van der Waals surface area contributed by atoms with E-state index in [0.29, 0.717) is 0 Å². The molecule has 1 heteroatoms. The van der Waals surface area contributed by atoms with Gasteiger partial charge < -0.3 is 4.74 Å². The lowest BCUT2D eigenvalue weighted by Gasteiger charge is -2.03. The molecule has 1 aromatic carbocycles. The molecular formula is C19H16O. The maximum absolute atomic E-state index is 5.03. The molecule has 0 saturated heterocycles. The van der Waals surface area contributed by atoms with E-state index in [1.54, 1.807) is 13.4 Å². The molecular weight excluding hydrogens is 244 g/mol. The molecule has 3 rings (SSSR count). The topological polar surface area (TPSA) is 9.23 Å². The highest BCUT2D eigenvalue weighted by Crippen LogP contribution is 2.33. The van der Waals surface area contributed by atoms with Crippen molar-refractivity contribution >= 4 is 6.08 Å². The Morgan fingerprint density at radius 1 is 0.750 bits per heavy atom. The highest BCUT2D eigenvalue weighted by atomic mass is 16.5. The van der Waals surface area contributed by atoms with Gasteiger partial charge in [-0.15, -0.1) is 0 Å². The van der Waals surface area contributed by atoms with Crippen molar-refractivity contribution in [3.63, 3.8) is 0 Å². The van der Waals surface area contributed by atoms with Gasteiger partial charge in [-0.2, -0.15) is 0 Å². The third-order valence-corrected chi connectivity index (χ3v) is 3.38. The van der Waals surface area contributed by atoms with Crippen LogP contribution in [-0.4, -0.2) is 7.11 Å². The Bertz CT molecular complexity index is 682. The lowest BCUT2D eigenvalue weighted by atomic mass is 10.0. The molecule has 0 atom stereocenters. The average Bonchev–Trinajstić information content (AvgIpc) is 2.76. The Labute approximate surface area is 119 Å². The van der Waals surface area contributed by atoms with Gasteiger partial charge in [-0.3, -0.25) is 0 Å². The van der Waals surface area contributed by atoms with Crippen LogP contribution in [0.15, 0.2) is 73.0 Å². The molecule has 20 heavy (non-hydrogen) atoms. The Kier molecular flexibility index (Phi) is 3.51. The molecule has 2 aliphatic carbocycles. The summed E-state index contributed by atoms with van der Waals surface area (Å²) in [5.74, 6) is 0. The molecule has 0 unspecified atom stereocenters. The monoisotopic (exact) mass is 260 g/mol. The Morgan fingerprint density at radius 3 is 2.10 bits per heavy atom. The van der Waals surface area contributed by atoms with Crippen LogP contribution in [0.1, 0.15) is 5.56 Å². The van der Waals surface area contributed by atoms with E-state index < -0.39 is 0 Å². The second-order valence-electron chi connectivity index (χ2n) is 4.69. The van der Waals surface area contributed by atoms with Crippen LogP contribution < -0.4 is 0 Å². The minimum atomic E-state index is 1.16. The number of hydrogen-bond donors (Lipinski definition) is 0. The third-order valence-electron chi connectivity index (χ3n) is 3.38. The summed E-state index contributed by atoms with van der Waals surface area (Å²) in [7, 11) is 1.66. The van der Waals surface area contributed by atoms with Gasteiger partial charge in [0.1, 0.15) is 0 Å². The van der Waals surface area contributed by atoms with Crippen molar-refractivity contribution in [3.8, 4) is 22.3 Å². The van der Waals surface area contributed by atoms with Crippen LogP contribution in [0.4, 0.5) is 0 Å². The van der Waals surface area contributed by atoms with Crippen LogP contribution >= 0.6 is 0 Å². The summed E-state index contributed by atoms with van der Waals surface area (Å²) in [5.41, 5.74) is 6.14. The van der Waals surface area contributed by atoms with E-state index >= 15 is 0 Å². The lowest BCUT2D eigenvalue weighted by Crippen LogP contribution is -1.80. The van der Waals surface area contributed by atoms with Crippen molar-refractivity contribution in [3.05, 3.63) is 78.6 Å². The smallest absolute Gasteiger partial charge is 0.0830 e.